The maximum atomic E-state index is 8.79. The van der Waals surface area contributed by atoms with Crippen LogP contribution in [-0.2, 0) is 6.54 Å². The zero-order chi connectivity index (χ0) is 10.4. The Morgan fingerprint density at radius 3 is 2.57 bits per heavy atom. The zero-order valence-corrected chi connectivity index (χ0v) is 8.20. The van der Waals surface area contributed by atoms with Crippen molar-refractivity contribution in [3.05, 3.63) is 35.4 Å². The second-order valence-corrected chi connectivity index (χ2v) is 3.27. The number of hydrogen-bond acceptors (Lipinski definition) is 3. The average Bonchev–Trinajstić information content (AvgIpc) is 2.26. The molecular formula is C11H14N2O. The summed E-state index contributed by atoms with van der Waals surface area (Å²) >= 11 is 0. The number of nitriles is 1. The highest BCUT2D eigenvalue weighted by Crippen LogP contribution is 2.02. The molecule has 14 heavy (non-hydrogen) atoms. The third kappa shape index (κ3) is 3.17. The molecular weight excluding hydrogens is 176 g/mol. The molecule has 0 fully saturated rings. The van der Waals surface area contributed by atoms with E-state index in [2.05, 4.69) is 11.4 Å². The van der Waals surface area contributed by atoms with Gasteiger partial charge in [0.15, 0.2) is 0 Å². The largest absolute Gasteiger partial charge is 0.395 e. The second kappa shape index (κ2) is 5.38. The quantitative estimate of drug-likeness (QED) is 0.745. The van der Waals surface area contributed by atoms with Gasteiger partial charge in [0.1, 0.15) is 0 Å². The maximum Gasteiger partial charge on any atom is 0.0991 e. The van der Waals surface area contributed by atoms with Crippen LogP contribution in [0.4, 0.5) is 0 Å². The fraction of sp³-hybridized carbons (Fsp3) is 0.364. The van der Waals surface area contributed by atoms with E-state index >= 15 is 0 Å². The number of aliphatic hydroxyl groups is 1. The molecule has 1 atom stereocenters. The summed E-state index contributed by atoms with van der Waals surface area (Å²) in [6.45, 7) is 2.77. The van der Waals surface area contributed by atoms with Gasteiger partial charge in [0, 0.05) is 12.6 Å². The van der Waals surface area contributed by atoms with Crippen LogP contribution in [0, 0.1) is 11.3 Å². The van der Waals surface area contributed by atoms with E-state index in [0.717, 1.165) is 5.56 Å². The topological polar surface area (TPSA) is 56.0 Å². The van der Waals surface area contributed by atoms with Crippen molar-refractivity contribution >= 4 is 0 Å². The van der Waals surface area contributed by atoms with Gasteiger partial charge in [-0.25, -0.2) is 0 Å². The second-order valence-electron chi connectivity index (χ2n) is 3.27. The van der Waals surface area contributed by atoms with Crippen molar-refractivity contribution in [3.8, 4) is 6.07 Å². The third-order valence-corrected chi connectivity index (χ3v) is 2.01. The molecule has 1 unspecified atom stereocenters. The van der Waals surface area contributed by atoms with Gasteiger partial charge < -0.3 is 10.4 Å². The van der Waals surface area contributed by atoms with Crippen molar-refractivity contribution in [2.45, 2.75) is 19.5 Å². The Morgan fingerprint density at radius 1 is 1.43 bits per heavy atom. The highest BCUT2D eigenvalue weighted by molar-refractivity contribution is 5.31. The molecule has 0 spiro atoms. The standard InChI is InChI=1S/C11H14N2O/c1-9(8-14)13-7-11-4-2-10(6-12)3-5-11/h2-5,9,13-14H,7-8H2,1H3. The minimum Gasteiger partial charge on any atom is -0.395 e. The van der Waals surface area contributed by atoms with E-state index in [0.29, 0.717) is 12.1 Å². The maximum absolute atomic E-state index is 8.79. The highest BCUT2D eigenvalue weighted by atomic mass is 16.3. The van der Waals surface area contributed by atoms with Gasteiger partial charge in [-0.3, -0.25) is 0 Å². The highest BCUT2D eigenvalue weighted by Gasteiger charge is 1.98. The Hall–Kier alpha value is -1.37. The van der Waals surface area contributed by atoms with E-state index in [1.165, 1.54) is 0 Å². The third-order valence-electron chi connectivity index (χ3n) is 2.01. The number of benzene rings is 1. The number of rotatable bonds is 4. The van der Waals surface area contributed by atoms with Crippen LogP contribution in [0.25, 0.3) is 0 Å². The summed E-state index contributed by atoms with van der Waals surface area (Å²) in [5, 5.41) is 20.5. The predicted molar refractivity (Wildman–Crippen MR) is 54.5 cm³/mol. The van der Waals surface area contributed by atoms with E-state index in [4.69, 9.17) is 10.4 Å². The van der Waals surface area contributed by atoms with E-state index in [1.54, 1.807) is 12.1 Å². The molecule has 2 N–H and O–H groups in total. The van der Waals surface area contributed by atoms with Crippen molar-refractivity contribution in [1.29, 1.82) is 5.26 Å². The van der Waals surface area contributed by atoms with Gasteiger partial charge in [0.05, 0.1) is 18.2 Å². The number of hydrogen-bond donors (Lipinski definition) is 2. The van der Waals surface area contributed by atoms with Crippen molar-refractivity contribution in [2.75, 3.05) is 6.61 Å². The first kappa shape index (κ1) is 10.7. The van der Waals surface area contributed by atoms with Crippen LogP contribution in [0.1, 0.15) is 18.1 Å². The summed E-state index contributed by atoms with van der Waals surface area (Å²) in [6.07, 6.45) is 0. The van der Waals surface area contributed by atoms with E-state index < -0.39 is 0 Å². The monoisotopic (exact) mass is 190 g/mol. The van der Waals surface area contributed by atoms with Crippen LogP contribution in [0.2, 0.25) is 0 Å². The van der Waals surface area contributed by atoms with Crippen molar-refractivity contribution < 1.29 is 5.11 Å². The van der Waals surface area contributed by atoms with Gasteiger partial charge in [0.25, 0.3) is 0 Å². The smallest absolute Gasteiger partial charge is 0.0991 e. The van der Waals surface area contributed by atoms with E-state index in [-0.39, 0.29) is 12.6 Å². The van der Waals surface area contributed by atoms with Crippen LogP contribution < -0.4 is 5.32 Å². The normalized spacial score (nSPS) is 12.1. The predicted octanol–water partition coefficient (Wildman–Crippen LogP) is 1.03. The minimum atomic E-state index is 0.102. The lowest BCUT2D eigenvalue weighted by molar-refractivity contribution is 0.251. The first-order valence-electron chi connectivity index (χ1n) is 4.59. The molecule has 1 aromatic carbocycles. The molecule has 0 aliphatic heterocycles. The van der Waals surface area contributed by atoms with E-state index in [9.17, 15) is 0 Å². The molecule has 3 heteroatoms. The van der Waals surface area contributed by atoms with Crippen molar-refractivity contribution in [1.82, 2.24) is 5.32 Å². The molecule has 74 valence electrons. The van der Waals surface area contributed by atoms with Crippen LogP contribution in [0.15, 0.2) is 24.3 Å². The zero-order valence-electron chi connectivity index (χ0n) is 8.20. The number of nitrogens with zero attached hydrogens (tertiary/aromatic N) is 1. The Kier molecular flexibility index (Phi) is 4.11. The lowest BCUT2D eigenvalue weighted by Crippen LogP contribution is -2.28. The fourth-order valence-corrected chi connectivity index (χ4v) is 1.05. The lowest BCUT2D eigenvalue weighted by Gasteiger charge is -2.10. The van der Waals surface area contributed by atoms with Crippen LogP contribution in [0.5, 0.6) is 0 Å². The first-order chi connectivity index (χ1) is 6.76. The van der Waals surface area contributed by atoms with Crippen molar-refractivity contribution in [2.24, 2.45) is 0 Å². The molecule has 3 nitrogen and oxygen atoms in total. The molecule has 1 aromatic rings. The van der Waals surface area contributed by atoms with Gasteiger partial charge in [-0.1, -0.05) is 12.1 Å². The summed E-state index contributed by atoms with van der Waals surface area (Å²) in [6, 6.07) is 9.58. The van der Waals surface area contributed by atoms with Crippen LogP contribution >= 0.6 is 0 Å². The molecule has 0 bridgehead atoms. The fourth-order valence-electron chi connectivity index (χ4n) is 1.05. The molecule has 0 saturated carbocycles. The molecule has 0 saturated heterocycles. The Morgan fingerprint density at radius 2 is 2.07 bits per heavy atom. The molecule has 0 amide bonds. The Labute approximate surface area is 84.0 Å². The van der Waals surface area contributed by atoms with E-state index in [1.807, 2.05) is 19.1 Å². The van der Waals surface area contributed by atoms with Gasteiger partial charge in [-0.15, -0.1) is 0 Å². The SMILES string of the molecule is CC(CO)NCc1ccc(C#N)cc1. The Bertz CT molecular complexity index is 313. The summed E-state index contributed by atoms with van der Waals surface area (Å²) in [5.74, 6) is 0. The molecule has 0 radical (unpaired) electrons. The van der Waals surface area contributed by atoms with Gasteiger partial charge in [-0.2, -0.15) is 5.26 Å². The first-order valence-corrected chi connectivity index (χ1v) is 4.59. The number of aliphatic hydroxyl groups excluding tert-OH is 1. The summed E-state index contributed by atoms with van der Waals surface area (Å²) in [4.78, 5) is 0. The summed E-state index contributed by atoms with van der Waals surface area (Å²) in [7, 11) is 0. The van der Waals surface area contributed by atoms with Crippen LogP contribution in [-0.4, -0.2) is 17.8 Å². The lowest BCUT2D eigenvalue weighted by atomic mass is 10.1. The van der Waals surface area contributed by atoms with Gasteiger partial charge >= 0.3 is 0 Å². The summed E-state index contributed by atoms with van der Waals surface area (Å²) in [5.41, 5.74) is 1.79. The Balaban J connectivity index is 2.49. The average molecular weight is 190 g/mol. The van der Waals surface area contributed by atoms with Crippen LogP contribution in [0.3, 0.4) is 0 Å². The van der Waals surface area contributed by atoms with Crippen molar-refractivity contribution in [3.63, 3.8) is 0 Å². The molecule has 0 aliphatic carbocycles. The van der Waals surface area contributed by atoms with Gasteiger partial charge in [0.2, 0.25) is 0 Å². The molecule has 0 heterocycles. The number of nitrogens with one attached hydrogen (secondary N) is 1. The molecule has 0 aromatic heterocycles. The summed E-state index contributed by atoms with van der Waals surface area (Å²) < 4.78 is 0. The minimum absolute atomic E-state index is 0.102. The van der Waals surface area contributed by atoms with Gasteiger partial charge in [-0.05, 0) is 24.6 Å². The molecule has 1 rings (SSSR count). The molecule has 0 aliphatic rings.